The van der Waals surface area contributed by atoms with Gasteiger partial charge in [0.2, 0.25) is 0 Å². The molecule has 2 saturated heterocycles. The zero-order valence-corrected chi connectivity index (χ0v) is 16.7. The van der Waals surface area contributed by atoms with Crippen molar-refractivity contribution in [2.45, 2.75) is 27.7 Å². The molecule has 131 valence electrons. The summed E-state index contributed by atoms with van der Waals surface area (Å²) in [4.78, 5) is 0. The van der Waals surface area contributed by atoms with Gasteiger partial charge in [-0.3, -0.25) is 9.13 Å². The summed E-state index contributed by atoms with van der Waals surface area (Å²) in [6.45, 7) is 10.2. The Balaban J connectivity index is -0.000000270. The van der Waals surface area contributed by atoms with Gasteiger partial charge in [0.05, 0.1) is 26.4 Å². The molecule has 0 spiro atoms. The SMILES string of the molecule is CC1(C)CO[PH](=O)OC1.CC1(C)CO[PH](=O)OC1.[CH3-].[CH3-].[Co+2]. The van der Waals surface area contributed by atoms with Crippen LogP contribution in [0.3, 0.4) is 0 Å². The Morgan fingerprint density at radius 3 is 1.00 bits per heavy atom. The summed E-state index contributed by atoms with van der Waals surface area (Å²) in [6.07, 6.45) is 0. The third-order valence-corrected chi connectivity index (χ3v) is 3.84. The minimum atomic E-state index is -2.11. The molecule has 0 saturated carbocycles. The Hall–Kier alpha value is 0.806. The quantitative estimate of drug-likeness (QED) is 0.464. The van der Waals surface area contributed by atoms with Crippen molar-refractivity contribution in [3.63, 3.8) is 0 Å². The van der Waals surface area contributed by atoms with E-state index >= 15 is 0 Å². The van der Waals surface area contributed by atoms with Gasteiger partial charge in [0.15, 0.2) is 0 Å². The molecular weight excluding hydrogens is 361 g/mol. The van der Waals surface area contributed by atoms with Crippen LogP contribution < -0.4 is 0 Å². The summed E-state index contributed by atoms with van der Waals surface area (Å²) in [5.41, 5.74) is 0.0805. The van der Waals surface area contributed by atoms with Gasteiger partial charge in [-0.2, -0.15) is 0 Å². The molecule has 0 atom stereocenters. The molecule has 0 unspecified atom stereocenters. The van der Waals surface area contributed by atoms with E-state index in [0.29, 0.717) is 26.4 Å². The van der Waals surface area contributed by atoms with E-state index in [1.54, 1.807) is 0 Å². The fraction of sp³-hybridized carbons (Fsp3) is 0.833. The van der Waals surface area contributed by atoms with E-state index in [2.05, 4.69) is 0 Å². The zero-order chi connectivity index (χ0) is 13.8. The van der Waals surface area contributed by atoms with Crippen molar-refractivity contribution in [1.29, 1.82) is 0 Å². The van der Waals surface area contributed by atoms with E-state index in [9.17, 15) is 9.13 Å². The molecule has 0 aromatic carbocycles. The predicted octanol–water partition coefficient (Wildman–Crippen LogP) is 3.80. The number of hydrogen-bond donors (Lipinski definition) is 0. The predicted molar refractivity (Wildman–Crippen MR) is 82.2 cm³/mol. The van der Waals surface area contributed by atoms with Crippen molar-refractivity contribution in [1.82, 2.24) is 0 Å². The summed E-state index contributed by atoms with van der Waals surface area (Å²) in [5.74, 6) is 0. The van der Waals surface area contributed by atoms with Crippen LogP contribution in [0.4, 0.5) is 0 Å². The Kier molecular flexibility index (Phi) is 14.4. The molecule has 9 heteroatoms. The molecular formula is C12H28CoO6P2. The molecule has 0 bridgehead atoms. The maximum atomic E-state index is 10.5. The van der Waals surface area contributed by atoms with Crippen LogP contribution in [0.1, 0.15) is 27.7 Å². The first-order valence-corrected chi connectivity index (χ1v) is 8.24. The largest absolute Gasteiger partial charge is 2.00 e. The molecule has 1 radical (unpaired) electrons. The molecule has 21 heavy (non-hydrogen) atoms. The van der Waals surface area contributed by atoms with E-state index in [1.807, 2.05) is 27.7 Å². The molecule has 0 amide bonds. The molecule has 2 heterocycles. The number of rotatable bonds is 0. The average molecular weight is 389 g/mol. The van der Waals surface area contributed by atoms with Crippen molar-refractivity contribution in [3.8, 4) is 0 Å². The fourth-order valence-electron chi connectivity index (χ4n) is 1.18. The van der Waals surface area contributed by atoms with E-state index in [1.165, 1.54) is 0 Å². The third-order valence-electron chi connectivity index (χ3n) is 2.32. The normalized spacial score (nSPS) is 24.2. The van der Waals surface area contributed by atoms with Crippen LogP contribution in [0.5, 0.6) is 0 Å². The van der Waals surface area contributed by atoms with Gasteiger partial charge < -0.3 is 32.9 Å². The molecule has 0 aromatic heterocycles. The van der Waals surface area contributed by atoms with Crippen LogP contribution in [-0.2, 0) is 44.0 Å². The van der Waals surface area contributed by atoms with Gasteiger partial charge in [0, 0.05) is 10.8 Å². The molecule has 2 aliphatic rings. The fourth-order valence-corrected chi connectivity index (χ4v) is 3.38. The molecule has 0 N–H and O–H groups in total. The second-order valence-corrected chi connectivity index (χ2v) is 8.14. The van der Waals surface area contributed by atoms with E-state index in [-0.39, 0.29) is 42.5 Å². The second-order valence-electron chi connectivity index (χ2n) is 5.98. The molecule has 2 fully saturated rings. The van der Waals surface area contributed by atoms with Crippen LogP contribution in [0, 0.1) is 25.7 Å². The van der Waals surface area contributed by atoms with E-state index in [4.69, 9.17) is 18.1 Å². The minimum absolute atomic E-state index is 0. The summed E-state index contributed by atoms with van der Waals surface area (Å²) in [7, 11) is -4.23. The van der Waals surface area contributed by atoms with E-state index in [0.717, 1.165) is 0 Å². The second kappa shape index (κ2) is 11.4. The van der Waals surface area contributed by atoms with Crippen molar-refractivity contribution in [3.05, 3.63) is 14.9 Å². The van der Waals surface area contributed by atoms with Crippen LogP contribution >= 0.6 is 16.5 Å². The zero-order valence-electron chi connectivity index (χ0n) is 13.6. The van der Waals surface area contributed by atoms with Crippen LogP contribution in [0.15, 0.2) is 0 Å². The van der Waals surface area contributed by atoms with Gasteiger partial charge in [-0.1, -0.05) is 27.7 Å². The van der Waals surface area contributed by atoms with Crippen LogP contribution in [0.2, 0.25) is 0 Å². The summed E-state index contributed by atoms with van der Waals surface area (Å²) >= 11 is 0. The molecule has 6 nitrogen and oxygen atoms in total. The van der Waals surface area contributed by atoms with Gasteiger partial charge >= 0.3 is 33.3 Å². The topological polar surface area (TPSA) is 71.1 Å². The Labute approximate surface area is 140 Å². The Morgan fingerprint density at radius 1 is 0.667 bits per heavy atom. The van der Waals surface area contributed by atoms with Gasteiger partial charge in [-0.25, -0.2) is 0 Å². The minimum Gasteiger partial charge on any atom is -0.358 e. The standard InChI is InChI=1S/2C5H11O3P.2CH3.Co/c2*1-5(2)3-7-9(6)8-4-5;;;/h2*9H,3-4H2,1-2H3;2*1H3;/q;;2*-1;+2. The van der Waals surface area contributed by atoms with Gasteiger partial charge in [0.1, 0.15) is 0 Å². The average Bonchev–Trinajstić information content (AvgIpc) is 2.28. The Bertz CT molecular complexity index is 280. The summed E-state index contributed by atoms with van der Waals surface area (Å²) in [5, 5.41) is 0. The van der Waals surface area contributed by atoms with Crippen LogP contribution in [0.25, 0.3) is 0 Å². The van der Waals surface area contributed by atoms with Crippen molar-refractivity contribution >= 4 is 16.5 Å². The molecule has 0 aromatic rings. The smallest absolute Gasteiger partial charge is 0.358 e. The van der Waals surface area contributed by atoms with Crippen molar-refractivity contribution < 1.29 is 44.0 Å². The van der Waals surface area contributed by atoms with Gasteiger partial charge in [-0.05, 0) is 0 Å². The van der Waals surface area contributed by atoms with E-state index < -0.39 is 16.5 Å². The van der Waals surface area contributed by atoms with Crippen LogP contribution in [-0.4, -0.2) is 26.4 Å². The Morgan fingerprint density at radius 2 is 0.857 bits per heavy atom. The van der Waals surface area contributed by atoms with Crippen molar-refractivity contribution in [2.75, 3.05) is 26.4 Å². The first-order chi connectivity index (χ1) is 8.20. The third kappa shape index (κ3) is 12.0. The summed E-state index contributed by atoms with van der Waals surface area (Å²) < 4.78 is 40.3. The number of hydrogen-bond acceptors (Lipinski definition) is 6. The monoisotopic (exact) mass is 389 g/mol. The first-order valence-electron chi connectivity index (χ1n) is 5.79. The summed E-state index contributed by atoms with van der Waals surface area (Å²) in [6, 6.07) is 0. The molecule has 2 rings (SSSR count). The molecule has 0 aliphatic carbocycles. The maximum absolute atomic E-state index is 10.5. The molecule has 2 aliphatic heterocycles. The van der Waals surface area contributed by atoms with Gasteiger partial charge in [-0.15, -0.1) is 0 Å². The maximum Gasteiger partial charge on any atom is 2.00 e. The van der Waals surface area contributed by atoms with Gasteiger partial charge in [0.25, 0.3) is 0 Å². The van der Waals surface area contributed by atoms with Crippen molar-refractivity contribution in [2.24, 2.45) is 10.8 Å². The first kappa shape index (κ1) is 26.7.